The molecule has 3 aliphatic carbocycles. The van der Waals surface area contributed by atoms with Crippen LogP contribution in [-0.2, 0) is 16.8 Å². The molecule has 0 radical (unpaired) electrons. The number of aromatic nitrogens is 4. The average Bonchev–Trinajstić information content (AvgIpc) is 3.48. The summed E-state index contributed by atoms with van der Waals surface area (Å²) >= 11 is 0. The molecule has 2 aromatic heterocycles. The molecule has 3 fully saturated rings. The SMILES string of the molecule is CCn1cc(C2CCC(CNC(=O)C3(c4cccc(-c5cnn(C6CC6)c5)c4)CCC(O)CC3)CC2)cn1. The number of nitrogens with one attached hydrogen (secondary N) is 1. The quantitative estimate of drug-likeness (QED) is 0.423. The van der Waals surface area contributed by atoms with Crippen molar-refractivity contribution in [3.63, 3.8) is 0 Å². The fourth-order valence-electron chi connectivity index (χ4n) is 6.63. The Morgan fingerprint density at radius 2 is 1.79 bits per heavy atom. The Balaban J connectivity index is 1.13. The molecule has 38 heavy (non-hydrogen) atoms. The van der Waals surface area contributed by atoms with Crippen LogP contribution in [0.25, 0.3) is 11.1 Å². The van der Waals surface area contributed by atoms with Crippen LogP contribution < -0.4 is 5.32 Å². The molecule has 7 heteroatoms. The highest BCUT2D eigenvalue weighted by molar-refractivity contribution is 5.89. The van der Waals surface area contributed by atoms with E-state index in [-0.39, 0.29) is 12.0 Å². The van der Waals surface area contributed by atoms with E-state index in [2.05, 4.69) is 63.8 Å². The first-order valence-corrected chi connectivity index (χ1v) is 14.7. The molecule has 3 aromatic rings. The number of hydrogen-bond donors (Lipinski definition) is 2. The van der Waals surface area contributed by atoms with Crippen molar-refractivity contribution in [2.75, 3.05) is 6.54 Å². The van der Waals surface area contributed by atoms with Crippen LogP contribution >= 0.6 is 0 Å². The molecule has 0 saturated heterocycles. The fourth-order valence-corrected chi connectivity index (χ4v) is 6.63. The smallest absolute Gasteiger partial charge is 0.230 e. The van der Waals surface area contributed by atoms with Gasteiger partial charge in [-0.1, -0.05) is 18.2 Å². The van der Waals surface area contributed by atoms with Gasteiger partial charge < -0.3 is 10.4 Å². The summed E-state index contributed by atoms with van der Waals surface area (Å²) in [5.41, 5.74) is 4.05. The number of benzene rings is 1. The Morgan fingerprint density at radius 3 is 2.50 bits per heavy atom. The number of carbonyl (C=O) groups excluding carboxylic acids is 1. The predicted molar refractivity (Wildman–Crippen MR) is 148 cm³/mol. The van der Waals surface area contributed by atoms with Gasteiger partial charge in [-0.25, -0.2) is 0 Å². The van der Waals surface area contributed by atoms with Crippen LogP contribution in [0.5, 0.6) is 0 Å². The van der Waals surface area contributed by atoms with Crippen LogP contribution in [0, 0.1) is 5.92 Å². The third kappa shape index (κ3) is 5.18. The molecule has 0 atom stereocenters. The summed E-state index contributed by atoms with van der Waals surface area (Å²) in [4.78, 5) is 13.9. The minimum Gasteiger partial charge on any atom is -0.393 e. The number of carbonyl (C=O) groups is 1. The summed E-state index contributed by atoms with van der Waals surface area (Å²) in [6.45, 7) is 3.76. The summed E-state index contributed by atoms with van der Waals surface area (Å²) in [6, 6.07) is 9.03. The number of rotatable bonds is 8. The monoisotopic (exact) mass is 515 g/mol. The average molecular weight is 516 g/mol. The van der Waals surface area contributed by atoms with Crippen molar-refractivity contribution in [2.24, 2.45) is 5.92 Å². The van der Waals surface area contributed by atoms with Crippen molar-refractivity contribution in [1.29, 1.82) is 0 Å². The van der Waals surface area contributed by atoms with Gasteiger partial charge in [0.15, 0.2) is 0 Å². The minimum absolute atomic E-state index is 0.126. The molecular formula is C31H41N5O2. The minimum atomic E-state index is -0.590. The molecule has 0 aliphatic heterocycles. The van der Waals surface area contributed by atoms with E-state index in [4.69, 9.17) is 0 Å². The van der Waals surface area contributed by atoms with Crippen molar-refractivity contribution >= 4 is 5.91 Å². The highest BCUT2D eigenvalue weighted by Gasteiger charge is 2.43. The van der Waals surface area contributed by atoms with Crippen molar-refractivity contribution in [1.82, 2.24) is 24.9 Å². The lowest BCUT2D eigenvalue weighted by atomic mass is 9.67. The van der Waals surface area contributed by atoms with Gasteiger partial charge in [0.25, 0.3) is 0 Å². The number of amides is 1. The van der Waals surface area contributed by atoms with E-state index in [1.807, 2.05) is 17.1 Å². The first kappa shape index (κ1) is 25.4. The van der Waals surface area contributed by atoms with Crippen molar-refractivity contribution in [3.8, 4) is 11.1 Å². The van der Waals surface area contributed by atoms with Crippen LogP contribution in [0.4, 0.5) is 0 Å². The lowest BCUT2D eigenvalue weighted by Gasteiger charge is -2.39. The van der Waals surface area contributed by atoms with E-state index in [9.17, 15) is 9.90 Å². The Kier molecular flexibility index (Phi) is 7.12. The van der Waals surface area contributed by atoms with Crippen LogP contribution in [0.15, 0.2) is 49.1 Å². The highest BCUT2D eigenvalue weighted by atomic mass is 16.3. The Morgan fingerprint density at radius 1 is 1.00 bits per heavy atom. The summed E-state index contributed by atoms with van der Waals surface area (Å²) in [6.07, 6.45) is 17.7. The molecule has 7 nitrogen and oxygen atoms in total. The van der Waals surface area contributed by atoms with Crippen molar-refractivity contribution in [2.45, 2.75) is 101 Å². The van der Waals surface area contributed by atoms with Gasteiger partial charge in [0.2, 0.25) is 5.91 Å². The Bertz CT molecular complexity index is 1240. The second-order valence-electron chi connectivity index (χ2n) is 11.9. The van der Waals surface area contributed by atoms with Gasteiger partial charge in [0, 0.05) is 31.0 Å². The van der Waals surface area contributed by atoms with E-state index < -0.39 is 5.41 Å². The Labute approximate surface area is 225 Å². The van der Waals surface area contributed by atoms with Crippen LogP contribution in [0.1, 0.15) is 94.2 Å². The second kappa shape index (κ2) is 10.7. The molecule has 202 valence electrons. The second-order valence-corrected chi connectivity index (χ2v) is 11.9. The standard InChI is InChI=1S/C31H41N5O2/c1-2-35-20-25(18-33-35)23-8-6-22(7-9-23)17-32-30(38)31(14-12-29(37)13-15-31)27-5-3-4-24(16-27)26-19-34-36(21-26)28-10-11-28/h3-5,16,18-23,28-29,37H,2,6-15,17H2,1H3,(H,32,38). The first-order valence-electron chi connectivity index (χ1n) is 14.7. The molecule has 2 heterocycles. The van der Waals surface area contributed by atoms with Gasteiger partial charge in [-0.05, 0) is 106 Å². The number of aryl methyl sites for hydroxylation is 1. The van der Waals surface area contributed by atoms with Crippen LogP contribution in [0.3, 0.4) is 0 Å². The summed E-state index contributed by atoms with van der Waals surface area (Å²) in [5.74, 6) is 1.23. The van der Waals surface area contributed by atoms with Gasteiger partial charge in [-0.15, -0.1) is 0 Å². The molecule has 0 unspecified atom stereocenters. The number of aliphatic hydroxyl groups excluding tert-OH is 1. The normalized spacial score (nSPS) is 27.8. The maximum atomic E-state index is 13.9. The summed E-state index contributed by atoms with van der Waals surface area (Å²) in [7, 11) is 0. The summed E-state index contributed by atoms with van der Waals surface area (Å²) < 4.78 is 4.09. The molecule has 2 N–H and O–H groups in total. The van der Waals surface area contributed by atoms with Crippen LogP contribution in [-0.4, -0.2) is 43.2 Å². The van der Waals surface area contributed by atoms with Crippen molar-refractivity contribution in [3.05, 3.63) is 60.2 Å². The lowest BCUT2D eigenvalue weighted by Crippen LogP contribution is -2.48. The maximum Gasteiger partial charge on any atom is 0.230 e. The number of aliphatic hydroxyl groups is 1. The fraction of sp³-hybridized carbons (Fsp3) is 0.581. The van der Waals surface area contributed by atoms with Gasteiger partial charge in [0.1, 0.15) is 0 Å². The van der Waals surface area contributed by atoms with E-state index in [1.165, 1.54) is 18.4 Å². The zero-order valence-corrected chi connectivity index (χ0v) is 22.6. The highest BCUT2D eigenvalue weighted by Crippen LogP contribution is 2.42. The number of hydrogen-bond acceptors (Lipinski definition) is 4. The van der Waals surface area contributed by atoms with Gasteiger partial charge in [-0.3, -0.25) is 14.2 Å². The number of nitrogens with zero attached hydrogens (tertiary/aromatic N) is 4. The van der Waals surface area contributed by atoms with E-state index in [1.54, 1.807) is 0 Å². The molecular weight excluding hydrogens is 474 g/mol. The summed E-state index contributed by atoms with van der Waals surface area (Å²) in [5, 5.41) is 22.7. The van der Waals surface area contributed by atoms with Gasteiger partial charge >= 0.3 is 0 Å². The molecule has 0 spiro atoms. The topological polar surface area (TPSA) is 85.0 Å². The molecule has 1 aromatic carbocycles. The van der Waals surface area contributed by atoms with Crippen molar-refractivity contribution < 1.29 is 9.90 Å². The van der Waals surface area contributed by atoms with E-state index in [0.29, 0.717) is 43.6 Å². The third-order valence-electron chi connectivity index (χ3n) is 9.36. The van der Waals surface area contributed by atoms with Crippen LogP contribution in [0.2, 0.25) is 0 Å². The zero-order chi connectivity index (χ0) is 26.1. The van der Waals surface area contributed by atoms with E-state index >= 15 is 0 Å². The third-order valence-corrected chi connectivity index (χ3v) is 9.36. The molecule has 3 saturated carbocycles. The maximum absolute atomic E-state index is 13.9. The lowest BCUT2D eigenvalue weighted by molar-refractivity contribution is -0.129. The molecule has 1 amide bonds. The Hall–Kier alpha value is -2.93. The van der Waals surface area contributed by atoms with Gasteiger partial charge in [0.05, 0.1) is 30.0 Å². The predicted octanol–water partition coefficient (Wildman–Crippen LogP) is 5.36. The zero-order valence-electron chi connectivity index (χ0n) is 22.6. The molecule has 0 bridgehead atoms. The van der Waals surface area contributed by atoms with E-state index in [0.717, 1.165) is 55.5 Å². The first-order chi connectivity index (χ1) is 18.5. The van der Waals surface area contributed by atoms with Gasteiger partial charge in [-0.2, -0.15) is 10.2 Å². The molecule has 3 aliphatic rings. The molecule has 6 rings (SSSR count). The largest absolute Gasteiger partial charge is 0.393 e.